The van der Waals surface area contributed by atoms with Gasteiger partial charge >= 0.3 is 0 Å². The van der Waals surface area contributed by atoms with Crippen LogP contribution in [-0.4, -0.2) is 12.5 Å². The lowest BCUT2D eigenvalue weighted by atomic mass is 10.2. The van der Waals surface area contributed by atoms with Gasteiger partial charge in [0.05, 0.1) is 6.04 Å². The van der Waals surface area contributed by atoms with E-state index in [0.717, 1.165) is 4.88 Å². The van der Waals surface area contributed by atoms with Crippen LogP contribution in [0.15, 0.2) is 12.1 Å². The molecule has 1 unspecified atom stereocenters. The Bertz CT molecular complexity index is 316. The molecule has 0 aliphatic carbocycles. The average Bonchev–Trinajstić information content (AvgIpc) is 2.52. The molecule has 70 valence electrons. The van der Waals surface area contributed by atoms with Gasteiger partial charge in [-0.05, 0) is 12.1 Å². The van der Waals surface area contributed by atoms with Crippen LogP contribution in [0.1, 0.15) is 9.75 Å². The summed E-state index contributed by atoms with van der Waals surface area (Å²) in [7, 11) is 0. The maximum absolute atomic E-state index is 12.0. The van der Waals surface area contributed by atoms with Crippen molar-refractivity contribution in [2.75, 3.05) is 0 Å². The summed E-state index contributed by atoms with van der Waals surface area (Å²) >= 11 is 1.20. The summed E-state index contributed by atoms with van der Waals surface area (Å²) in [5, 5.41) is 8.48. The third kappa shape index (κ3) is 2.76. The fourth-order valence-electron chi connectivity index (χ4n) is 0.869. The highest BCUT2D eigenvalue weighted by Crippen LogP contribution is 2.18. The normalized spacial score (nSPS) is 12.8. The largest absolute Gasteiger partial charge is 0.323 e. The number of nitrogens with two attached hydrogens (primary N) is 1. The van der Waals surface area contributed by atoms with Crippen molar-refractivity contribution in [2.24, 2.45) is 5.73 Å². The average molecular weight is 202 g/mol. The molecule has 0 spiro atoms. The van der Waals surface area contributed by atoms with Gasteiger partial charge in [0.15, 0.2) is 0 Å². The van der Waals surface area contributed by atoms with Crippen molar-refractivity contribution < 1.29 is 8.78 Å². The predicted molar refractivity (Wildman–Crippen MR) is 46.7 cm³/mol. The number of hydrogen-bond acceptors (Lipinski definition) is 3. The Balaban J connectivity index is 2.60. The zero-order valence-electron chi connectivity index (χ0n) is 6.71. The van der Waals surface area contributed by atoms with Crippen molar-refractivity contribution in [1.82, 2.24) is 0 Å². The van der Waals surface area contributed by atoms with Gasteiger partial charge in [0.2, 0.25) is 0 Å². The van der Waals surface area contributed by atoms with Gasteiger partial charge in [-0.1, -0.05) is 0 Å². The Hall–Kier alpha value is -0.990. The Labute approximate surface area is 78.6 Å². The smallest absolute Gasteiger partial charge is 0.253 e. The molecule has 13 heavy (non-hydrogen) atoms. The topological polar surface area (TPSA) is 49.8 Å². The standard InChI is InChI=1S/C8H8F2N2S/c9-8(10)7(12)3-5-1-2-6(4-11)13-5/h1-2,7-8H,3,12H2. The van der Waals surface area contributed by atoms with Crippen molar-refractivity contribution >= 4 is 11.3 Å². The minimum Gasteiger partial charge on any atom is -0.323 e. The van der Waals surface area contributed by atoms with Crippen molar-refractivity contribution in [3.8, 4) is 6.07 Å². The number of hydrogen-bond donors (Lipinski definition) is 1. The number of nitriles is 1. The van der Waals surface area contributed by atoms with Gasteiger partial charge in [0.25, 0.3) is 6.43 Å². The van der Waals surface area contributed by atoms with Gasteiger partial charge in [-0.15, -0.1) is 11.3 Å². The van der Waals surface area contributed by atoms with E-state index in [9.17, 15) is 8.78 Å². The zero-order valence-corrected chi connectivity index (χ0v) is 7.52. The first kappa shape index (κ1) is 10.1. The maximum Gasteiger partial charge on any atom is 0.253 e. The molecule has 0 aliphatic rings. The van der Waals surface area contributed by atoms with Crippen molar-refractivity contribution in [1.29, 1.82) is 5.26 Å². The van der Waals surface area contributed by atoms with Crippen LogP contribution in [0.5, 0.6) is 0 Å². The summed E-state index contributed by atoms with van der Waals surface area (Å²) in [6.45, 7) is 0. The van der Waals surface area contributed by atoms with E-state index in [1.807, 2.05) is 6.07 Å². The molecule has 0 saturated heterocycles. The molecule has 0 radical (unpaired) electrons. The van der Waals surface area contributed by atoms with Crippen LogP contribution in [0, 0.1) is 11.3 Å². The second-order valence-electron chi connectivity index (χ2n) is 2.58. The van der Waals surface area contributed by atoms with Crippen LogP contribution in [0.4, 0.5) is 8.78 Å². The number of nitrogens with zero attached hydrogens (tertiary/aromatic N) is 1. The summed E-state index contributed by atoms with van der Waals surface area (Å²) in [5.74, 6) is 0. The molecule has 1 atom stereocenters. The fraction of sp³-hybridized carbons (Fsp3) is 0.375. The van der Waals surface area contributed by atoms with E-state index < -0.39 is 12.5 Å². The van der Waals surface area contributed by atoms with Crippen molar-refractivity contribution in [2.45, 2.75) is 18.9 Å². The van der Waals surface area contributed by atoms with Gasteiger partial charge in [0, 0.05) is 11.3 Å². The van der Waals surface area contributed by atoms with Gasteiger partial charge in [-0.25, -0.2) is 8.78 Å². The van der Waals surface area contributed by atoms with E-state index in [0.29, 0.717) is 4.88 Å². The van der Waals surface area contributed by atoms with Crippen LogP contribution < -0.4 is 5.73 Å². The Morgan fingerprint density at radius 3 is 2.69 bits per heavy atom. The molecule has 2 nitrogen and oxygen atoms in total. The Morgan fingerprint density at radius 1 is 1.54 bits per heavy atom. The molecule has 2 N–H and O–H groups in total. The van der Waals surface area contributed by atoms with Gasteiger partial charge in [0.1, 0.15) is 10.9 Å². The lowest BCUT2D eigenvalue weighted by Gasteiger charge is -2.07. The van der Waals surface area contributed by atoms with Gasteiger partial charge < -0.3 is 5.73 Å². The molecule has 5 heteroatoms. The number of rotatable bonds is 3. The second-order valence-corrected chi connectivity index (χ2v) is 3.75. The molecular formula is C8H8F2N2S. The summed E-state index contributed by atoms with van der Waals surface area (Å²) in [5.41, 5.74) is 5.17. The Kier molecular flexibility index (Phi) is 3.34. The fourth-order valence-corrected chi connectivity index (χ4v) is 1.75. The highest BCUT2D eigenvalue weighted by atomic mass is 32.1. The number of thiophene rings is 1. The molecule has 1 rings (SSSR count). The van der Waals surface area contributed by atoms with Crippen molar-refractivity contribution in [3.05, 3.63) is 21.9 Å². The van der Waals surface area contributed by atoms with Crippen LogP contribution in [0.2, 0.25) is 0 Å². The molecule has 0 saturated carbocycles. The highest BCUT2D eigenvalue weighted by Gasteiger charge is 2.16. The lowest BCUT2D eigenvalue weighted by Crippen LogP contribution is -2.30. The first-order chi connectivity index (χ1) is 6.13. The lowest BCUT2D eigenvalue weighted by molar-refractivity contribution is 0.116. The SMILES string of the molecule is N#Cc1ccc(CC(N)C(F)F)s1. The van der Waals surface area contributed by atoms with Crippen molar-refractivity contribution in [3.63, 3.8) is 0 Å². The first-order valence-corrected chi connectivity index (χ1v) is 4.47. The Morgan fingerprint density at radius 2 is 2.23 bits per heavy atom. The maximum atomic E-state index is 12.0. The molecule has 0 fully saturated rings. The van der Waals surface area contributed by atoms with E-state index in [-0.39, 0.29) is 6.42 Å². The summed E-state index contributed by atoms with van der Waals surface area (Å²) < 4.78 is 24.0. The van der Waals surface area contributed by atoms with Crippen LogP contribution in [0.25, 0.3) is 0 Å². The van der Waals surface area contributed by atoms with E-state index in [1.165, 1.54) is 11.3 Å². The summed E-state index contributed by atoms with van der Waals surface area (Å²) in [6, 6.07) is 4.07. The number of halogens is 2. The second kappa shape index (κ2) is 4.30. The van der Waals surface area contributed by atoms with E-state index >= 15 is 0 Å². The van der Waals surface area contributed by atoms with Crippen LogP contribution in [-0.2, 0) is 6.42 Å². The van der Waals surface area contributed by atoms with Crippen LogP contribution in [0.3, 0.4) is 0 Å². The molecule has 0 aromatic carbocycles. The molecular weight excluding hydrogens is 194 g/mol. The summed E-state index contributed by atoms with van der Waals surface area (Å²) in [4.78, 5) is 1.25. The monoisotopic (exact) mass is 202 g/mol. The molecule has 0 amide bonds. The highest BCUT2D eigenvalue weighted by molar-refractivity contribution is 7.12. The quantitative estimate of drug-likeness (QED) is 0.811. The zero-order chi connectivity index (χ0) is 9.84. The van der Waals surface area contributed by atoms with E-state index in [4.69, 9.17) is 11.0 Å². The third-order valence-corrected chi connectivity index (χ3v) is 2.54. The van der Waals surface area contributed by atoms with E-state index in [1.54, 1.807) is 12.1 Å². The third-order valence-electron chi connectivity index (χ3n) is 1.53. The first-order valence-electron chi connectivity index (χ1n) is 3.66. The van der Waals surface area contributed by atoms with Crippen LogP contribution >= 0.6 is 11.3 Å². The molecule has 1 heterocycles. The van der Waals surface area contributed by atoms with E-state index in [2.05, 4.69) is 0 Å². The molecule has 1 aromatic heterocycles. The van der Waals surface area contributed by atoms with Gasteiger partial charge in [-0.3, -0.25) is 0 Å². The minimum atomic E-state index is -2.51. The summed E-state index contributed by atoms with van der Waals surface area (Å²) in [6.07, 6.45) is -2.38. The molecule has 0 bridgehead atoms. The van der Waals surface area contributed by atoms with Gasteiger partial charge in [-0.2, -0.15) is 5.26 Å². The number of alkyl halides is 2. The molecule has 0 aliphatic heterocycles. The minimum absolute atomic E-state index is 0.129. The predicted octanol–water partition coefficient (Wildman–Crippen LogP) is 1.75. The molecule has 1 aromatic rings.